The number of aromatic nitrogens is 2. The third-order valence-corrected chi connectivity index (χ3v) is 3.77. The lowest BCUT2D eigenvalue weighted by Gasteiger charge is -2.10. The molecule has 0 aliphatic rings. The van der Waals surface area contributed by atoms with E-state index in [1.807, 2.05) is 18.2 Å². The lowest BCUT2D eigenvalue weighted by Crippen LogP contribution is -2.14. The molecule has 2 aromatic rings. The summed E-state index contributed by atoms with van der Waals surface area (Å²) in [5.41, 5.74) is 2.69. The number of para-hydroxylation sites is 1. The van der Waals surface area contributed by atoms with Crippen LogP contribution < -0.4 is 5.32 Å². The van der Waals surface area contributed by atoms with Gasteiger partial charge >= 0.3 is 0 Å². The van der Waals surface area contributed by atoms with Crippen molar-refractivity contribution < 1.29 is 9.63 Å². The molecule has 8 heteroatoms. The number of carbonyl (C=O) groups is 1. The minimum atomic E-state index is -0.241. The minimum absolute atomic E-state index is 0.241. The molecule has 2 rings (SSSR count). The van der Waals surface area contributed by atoms with Gasteiger partial charge in [0.25, 0.3) is 5.91 Å². The van der Waals surface area contributed by atoms with Crippen LogP contribution in [-0.2, 0) is 4.84 Å². The number of hydrogen-bond donors (Lipinski definition) is 1. The Labute approximate surface area is 137 Å². The standard InChI is InChI=1S/C14H15ClN4O2S/c1-9(18-21-8-7-15)11-5-3-4-6-12(11)16-14(20)13-10(2)17-19-22-13/h3-6H,7-8H2,1-2H3,(H,16,20)/b18-9+. The maximum atomic E-state index is 12.3. The van der Waals surface area contributed by atoms with E-state index in [4.69, 9.17) is 16.4 Å². The van der Waals surface area contributed by atoms with Crippen LogP contribution in [0.2, 0.25) is 0 Å². The fourth-order valence-corrected chi connectivity index (χ4v) is 2.37. The monoisotopic (exact) mass is 338 g/mol. The first kappa shape index (κ1) is 16.4. The number of rotatable bonds is 6. The van der Waals surface area contributed by atoms with Crippen LogP contribution >= 0.6 is 23.1 Å². The second-order valence-corrected chi connectivity index (χ2v) is 5.52. The predicted molar refractivity (Wildman–Crippen MR) is 87.9 cm³/mol. The first-order valence-electron chi connectivity index (χ1n) is 6.55. The Morgan fingerprint density at radius 3 is 2.91 bits per heavy atom. The molecule has 0 spiro atoms. The summed E-state index contributed by atoms with van der Waals surface area (Å²) in [6.07, 6.45) is 0. The molecule has 6 nitrogen and oxygen atoms in total. The van der Waals surface area contributed by atoms with Gasteiger partial charge in [0.2, 0.25) is 0 Å². The van der Waals surface area contributed by atoms with Crippen molar-refractivity contribution in [1.29, 1.82) is 0 Å². The number of hydrogen-bond acceptors (Lipinski definition) is 6. The van der Waals surface area contributed by atoms with E-state index in [1.165, 1.54) is 0 Å². The highest BCUT2D eigenvalue weighted by molar-refractivity contribution is 7.08. The Balaban J connectivity index is 2.20. The van der Waals surface area contributed by atoms with Crippen molar-refractivity contribution in [2.24, 2.45) is 5.16 Å². The van der Waals surface area contributed by atoms with Crippen LogP contribution in [0.3, 0.4) is 0 Å². The summed E-state index contributed by atoms with van der Waals surface area (Å²) in [6, 6.07) is 7.36. The smallest absolute Gasteiger partial charge is 0.269 e. The average molecular weight is 339 g/mol. The van der Waals surface area contributed by atoms with E-state index in [0.717, 1.165) is 17.1 Å². The third-order valence-electron chi connectivity index (χ3n) is 2.79. The molecule has 0 aliphatic carbocycles. The molecular weight excluding hydrogens is 324 g/mol. The van der Waals surface area contributed by atoms with Crippen molar-refractivity contribution in [3.63, 3.8) is 0 Å². The van der Waals surface area contributed by atoms with E-state index >= 15 is 0 Å². The molecular formula is C14H15ClN4O2S. The maximum Gasteiger partial charge on any atom is 0.269 e. The summed E-state index contributed by atoms with van der Waals surface area (Å²) in [4.78, 5) is 17.8. The summed E-state index contributed by atoms with van der Waals surface area (Å²) in [6.45, 7) is 3.88. The van der Waals surface area contributed by atoms with Gasteiger partial charge in [-0.1, -0.05) is 27.8 Å². The maximum absolute atomic E-state index is 12.3. The molecule has 0 fully saturated rings. The second-order valence-electron chi connectivity index (χ2n) is 4.39. The molecule has 22 heavy (non-hydrogen) atoms. The van der Waals surface area contributed by atoms with Crippen molar-refractivity contribution in [3.05, 3.63) is 40.4 Å². The van der Waals surface area contributed by atoms with Crippen molar-refractivity contribution in [3.8, 4) is 0 Å². The van der Waals surface area contributed by atoms with Gasteiger partial charge in [0, 0.05) is 5.56 Å². The van der Waals surface area contributed by atoms with E-state index in [2.05, 4.69) is 20.1 Å². The van der Waals surface area contributed by atoms with Gasteiger partial charge in [-0.25, -0.2) is 0 Å². The van der Waals surface area contributed by atoms with E-state index in [9.17, 15) is 4.79 Å². The van der Waals surface area contributed by atoms with Crippen molar-refractivity contribution in [2.75, 3.05) is 17.8 Å². The number of oxime groups is 1. The Bertz CT molecular complexity index is 687. The number of halogens is 1. The van der Waals surface area contributed by atoms with Gasteiger partial charge in [-0.05, 0) is 31.4 Å². The number of alkyl halides is 1. The normalized spacial score (nSPS) is 11.3. The van der Waals surface area contributed by atoms with Crippen LogP contribution in [0.5, 0.6) is 0 Å². The van der Waals surface area contributed by atoms with Gasteiger partial charge in [-0.15, -0.1) is 16.7 Å². The molecule has 116 valence electrons. The Morgan fingerprint density at radius 1 is 1.45 bits per heavy atom. The molecule has 1 aromatic carbocycles. The van der Waals surface area contributed by atoms with Crippen LogP contribution in [0.15, 0.2) is 29.4 Å². The van der Waals surface area contributed by atoms with Crippen molar-refractivity contribution >= 4 is 40.4 Å². The number of aryl methyl sites for hydroxylation is 1. The van der Waals surface area contributed by atoms with Crippen molar-refractivity contribution in [1.82, 2.24) is 9.59 Å². The van der Waals surface area contributed by atoms with Gasteiger partial charge in [0.1, 0.15) is 11.5 Å². The molecule has 0 unspecified atom stereocenters. The molecule has 1 aromatic heterocycles. The van der Waals surface area contributed by atoms with Crippen molar-refractivity contribution in [2.45, 2.75) is 13.8 Å². The summed E-state index contributed by atoms with van der Waals surface area (Å²) < 4.78 is 3.77. The van der Waals surface area contributed by atoms with E-state index in [0.29, 0.717) is 34.5 Å². The van der Waals surface area contributed by atoms with E-state index < -0.39 is 0 Å². The first-order valence-corrected chi connectivity index (χ1v) is 7.86. The van der Waals surface area contributed by atoms with Gasteiger partial charge in [-0.3, -0.25) is 4.79 Å². The summed E-state index contributed by atoms with van der Waals surface area (Å²) >= 11 is 6.61. The van der Waals surface area contributed by atoms with Gasteiger partial charge in [-0.2, -0.15) is 0 Å². The minimum Gasteiger partial charge on any atom is -0.394 e. The highest BCUT2D eigenvalue weighted by Crippen LogP contribution is 2.19. The molecule has 1 N–H and O–H groups in total. The molecule has 0 bridgehead atoms. The zero-order chi connectivity index (χ0) is 15.9. The predicted octanol–water partition coefficient (Wildman–Crippen LogP) is 3.08. The number of amides is 1. The number of carbonyl (C=O) groups excluding carboxylic acids is 1. The number of nitrogens with zero attached hydrogens (tertiary/aromatic N) is 3. The number of anilines is 1. The summed E-state index contributed by atoms with van der Waals surface area (Å²) in [5, 5.41) is 10.7. The van der Waals surface area contributed by atoms with Crippen LogP contribution in [0, 0.1) is 6.92 Å². The fourth-order valence-electron chi connectivity index (χ4n) is 1.75. The molecule has 0 radical (unpaired) electrons. The van der Waals surface area contributed by atoms with Crippen LogP contribution in [0.4, 0.5) is 5.69 Å². The topological polar surface area (TPSA) is 76.5 Å². The third kappa shape index (κ3) is 4.02. The molecule has 1 amide bonds. The van der Waals surface area contributed by atoms with E-state index in [-0.39, 0.29) is 5.91 Å². The molecule has 0 atom stereocenters. The SMILES string of the molecule is C/C(=N\OCCCl)c1ccccc1NC(=O)c1snnc1C. The summed E-state index contributed by atoms with van der Waals surface area (Å²) in [7, 11) is 0. The van der Waals surface area contributed by atoms with Crippen LogP contribution in [0.1, 0.15) is 27.9 Å². The Kier molecular flexibility index (Phi) is 5.85. The average Bonchev–Trinajstić information content (AvgIpc) is 2.94. The zero-order valence-electron chi connectivity index (χ0n) is 12.2. The van der Waals surface area contributed by atoms with Crippen LogP contribution in [-0.4, -0.2) is 33.7 Å². The zero-order valence-corrected chi connectivity index (χ0v) is 13.7. The quantitative estimate of drug-likeness (QED) is 0.380. The molecule has 0 saturated carbocycles. The summed E-state index contributed by atoms with van der Waals surface area (Å²) in [5.74, 6) is 0.127. The van der Waals surface area contributed by atoms with Crippen LogP contribution in [0.25, 0.3) is 0 Å². The number of benzene rings is 1. The van der Waals surface area contributed by atoms with Gasteiger partial charge in [0.05, 0.1) is 23.0 Å². The first-order chi connectivity index (χ1) is 10.6. The lowest BCUT2D eigenvalue weighted by atomic mass is 10.1. The molecule has 0 aliphatic heterocycles. The lowest BCUT2D eigenvalue weighted by molar-refractivity contribution is 0.103. The highest BCUT2D eigenvalue weighted by Gasteiger charge is 2.15. The second kappa shape index (κ2) is 7.86. The molecule has 1 heterocycles. The molecule has 0 saturated heterocycles. The van der Waals surface area contributed by atoms with Gasteiger partial charge in [0.15, 0.2) is 0 Å². The Morgan fingerprint density at radius 2 is 2.23 bits per heavy atom. The Hall–Kier alpha value is -1.99. The number of nitrogens with one attached hydrogen (secondary N) is 1. The van der Waals surface area contributed by atoms with E-state index in [1.54, 1.807) is 19.9 Å². The van der Waals surface area contributed by atoms with Gasteiger partial charge < -0.3 is 10.2 Å². The largest absolute Gasteiger partial charge is 0.394 e. The highest BCUT2D eigenvalue weighted by atomic mass is 35.5. The fraction of sp³-hybridized carbons (Fsp3) is 0.286.